The summed E-state index contributed by atoms with van der Waals surface area (Å²) in [6.45, 7) is 4.11. The van der Waals surface area contributed by atoms with Gasteiger partial charge in [-0.1, -0.05) is 54.6 Å². The molecule has 3 aromatic carbocycles. The molecule has 8 nitrogen and oxygen atoms in total. The van der Waals surface area contributed by atoms with E-state index in [-0.39, 0.29) is 35.7 Å². The molecule has 3 aromatic rings. The van der Waals surface area contributed by atoms with Crippen molar-refractivity contribution in [2.75, 3.05) is 18.0 Å². The first-order valence-corrected chi connectivity index (χ1v) is 14.2. The van der Waals surface area contributed by atoms with Crippen molar-refractivity contribution < 1.29 is 22.7 Å². The number of benzene rings is 3. The molecule has 200 valence electrons. The minimum Gasteiger partial charge on any atom is -0.477 e. The van der Waals surface area contributed by atoms with E-state index in [4.69, 9.17) is 4.74 Å². The lowest BCUT2D eigenvalue weighted by Gasteiger charge is -2.34. The Morgan fingerprint density at radius 3 is 2.29 bits per heavy atom. The molecule has 0 radical (unpaired) electrons. The molecule has 4 rings (SSSR count). The summed E-state index contributed by atoms with van der Waals surface area (Å²) in [7, 11) is -3.57. The van der Waals surface area contributed by atoms with Crippen molar-refractivity contribution in [2.24, 2.45) is 0 Å². The molecule has 1 aliphatic rings. The third-order valence-corrected chi connectivity index (χ3v) is 7.85. The number of para-hydroxylation sites is 2. The molecule has 0 fully saturated rings. The van der Waals surface area contributed by atoms with Gasteiger partial charge in [0, 0.05) is 19.0 Å². The standard InChI is InChI=1S/C29H33N3O5S/c1-21(2)31-38(35,36)24-15-12-23(13-16-24)14-17-28(33)32-20-27(37-26-11-7-6-10-25(26)32)29(34)30-19-18-22-8-4-3-5-9-22/h3-13,15-16,21,27,31H,14,17-20H2,1-2H3,(H,30,34)/t27-/m1/s1. The van der Waals surface area contributed by atoms with Crippen LogP contribution < -0.4 is 19.7 Å². The molecule has 0 saturated carbocycles. The summed E-state index contributed by atoms with van der Waals surface area (Å²) in [4.78, 5) is 28.0. The number of amides is 2. The zero-order valence-corrected chi connectivity index (χ0v) is 22.4. The minimum atomic E-state index is -3.57. The van der Waals surface area contributed by atoms with E-state index in [1.165, 1.54) is 0 Å². The molecule has 0 aliphatic carbocycles. The van der Waals surface area contributed by atoms with E-state index in [0.717, 1.165) is 11.1 Å². The monoisotopic (exact) mass is 535 g/mol. The Bertz CT molecular complexity index is 1360. The number of hydrogen-bond acceptors (Lipinski definition) is 5. The SMILES string of the molecule is CC(C)NS(=O)(=O)c1ccc(CCC(=O)N2C[C@H](C(=O)NCCc3ccccc3)Oc3ccccc32)cc1. The van der Waals surface area contributed by atoms with E-state index >= 15 is 0 Å². The van der Waals surface area contributed by atoms with E-state index in [0.29, 0.717) is 30.8 Å². The molecule has 0 saturated heterocycles. The fourth-order valence-electron chi connectivity index (χ4n) is 4.30. The van der Waals surface area contributed by atoms with Crippen molar-refractivity contribution in [1.82, 2.24) is 10.0 Å². The highest BCUT2D eigenvalue weighted by Gasteiger charge is 2.33. The van der Waals surface area contributed by atoms with Crippen molar-refractivity contribution >= 4 is 27.5 Å². The van der Waals surface area contributed by atoms with E-state index in [1.54, 1.807) is 61.2 Å². The molecular weight excluding hydrogens is 502 g/mol. The average molecular weight is 536 g/mol. The summed E-state index contributed by atoms with van der Waals surface area (Å²) in [5.41, 5.74) is 2.60. The fourth-order valence-corrected chi connectivity index (χ4v) is 5.55. The van der Waals surface area contributed by atoms with Crippen LogP contribution in [0.25, 0.3) is 0 Å². The number of rotatable bonds is 10. The van der Waals surface area contributed by atoms with Gasteiger partial charge in [0.2, 0.25) is 15.9 Å². The number of nitrogens with one attached hydrogen (secondary N) is 2. The molecule has 0 spiro atoms. The maximum absolute atomic E-state index is 13.3. The van der Waals surface area contributed by atoms with Gasteiger partial charge in [0.1, 0.15) is 5.75 Å². The maximum Gasteiger partial charge on any atom is 0.262 e. The Labute approximate surface area is 224 Å². The van der Waals surface area contributed by atoms with Gasteiger partial charge in [0.25, 0.3) is 5.91 Å². The third kappa shape index (κ3) is 6.99. The molecule has 2 amide bonds. The van der Waals surface area contributed by atoms with Gasteiger partial charge in [-0.15, -0.1) is 0 Å². The number of fused-ring (bicyclic) bond motifs is 1. The first-order valence-electron chi connectivity index (χ1n) is 12.7. The number of carbonyl (C=O) groups excluding carboxylic acids is 2. The summed E-state index contributed by atoms with van der Waals surface area (Å²) in [6, 6.07) is 23.4. The molecule has 9 heteroatoms. The van der Waals surface area contributed by atoms with Crippen molar-refractivity contribution in [1.29, 1.82) is 0 Å². The predicted molar refractivity (Wildman–Crippen MR) is 147 cm³/mol. The largest absolute Gasteiger partial charge is 0.477 e. The lowest BCUT2D eigenvalue weighted by Crippen LogP contribution is -2.51. The van der Waals surface area contributed by atoms with Crippen LogP contribution in [0.4, 0.5) is 5.69 Å². The van der Waals surface area contributed by atoms with Gasteiger partial charge in [-0.05, 0) is 62.1 Å². The van der Waals surface area contributed by atoms with Gasteiger partial charge in [0.05, 0.1) is 17.1 Å². The molecule has 38 heavy (non-hydrogen) atoms. The lowest BCUT2D eigenvalue weighted by atomic mass is 10.1. The second-order valence-corrected chi connectivity index (χ2v) is 11.2. The molecule has 0 bridgehead atoms. The van der Waals surface area contributed by atoms with Crippen LogP contribution in [-0.2, 0) is 32.5 Å². The zero-order valence-electron chi connectivity index (χ0n) is 21.6. The van der Waals surface area contributed by atoms with Crippen molar-refractivity contribution in [3.8, 4) is 5.75 Å². The quantitative estimate of drug-likeness (QED) is 0.414. The zero-order chi connectivity index (χ0) is 27.1. The molecule has 2 N–H and O–H groups in total. The topological polar surface area (TPSA) is 105 Å². The van der Waals surface area contributed by atoms with Crippen LogP contribution in [0.3, 0.4) is 0 Å². The highest BCUT2D eigenvalue weighted by Crippen LogP contribution is 2.33. The van der Waals surface area contributed by atoms with Gasteiger partial charge in [-0.3, -0.25) is 9.59 Å². The van der Waals surface area contributed by atoms with Crippen LogP contribution >= 0.6 is 0 Å². The highest BCUT2D eigenvalue weighted by molar-refractivity contribution is 7.89. The first-order chi connectivity index (χ1) is 18.2. The first kappa shape index (κ1) is 27.3. The van der Waals surface area contributed by atoms with E-state index in [9.17, 15) is 18.0 Å². The summed E-state index contributed by atoms with van der Waals surface area (Å²) >= 11 is 0. The molecular formula is C29H33N3O5S. The van der Waals surface area contributed by atoms with Crippen molar-refractivity contribution in [2.45, 2.75) is 50.2 Å². The maximum atomic E-state index is 13.3. The third-order valence-electron chi connectivity index (χ3n) is 6.17. The van der Waals surface area contributed by atoms with Gasteiger partial charge in [-0.25, -0.2) is 13.1 Å². The number of sulfonamides is 1. The van der Waals surface area contributed by atoms with Crippen LogP contribution in [0.15, 0.2) is 83.8 Å². The van der Waals surface area contributed by atoms with E-state index in [1.807, 2.05) is 36.4 Å². The number of aryl methyl sites for hydroxylation is 1. The highest BCUT2D eigenvalue weighted by atomic mass is 32.2. The number of ether oxygens (including phenoxy) is 1. The smallest absolute Gasteiger partial charge is 0.262 e. The van der Waals surface area contributed by atoms with E-state index in [2.05, 4.69) is 10.0 Å². The van der Waals surface area contributed by atoms with Crippen LogP contribution in [0.2, 0.25) is 0 Å². The summed E-state index contributed by atoms with van der Waals surface area (Å²) < 4.78 is 33.2. The second kappa shape index (κ2) is 12.2. The van der Waals surface area contributed by atoms with Crippen LogP contribution in [0.1, 0.15) is 31.4 Å². The molecule has 0 unspecified atom stereocenters. The van der Waals surface area contributed by atoms with E-state index < -0.39 is 16.1 Å². The van der Waals surface area contributed by atoms with Gasteiger partial charge < -0.3 is 15.0 Å². The summed E-state index contributed by atoms with van der Waals surface area (Å²) in [5, 5.41) is 2.92. The summed E-state index contributed by atoms with van der Waals surface area (Å²) in [6.07, 6.45) is 0.520. The van der Waals surface area contributed by atoms with Crippen LogP contribution in [0.5, 0.6) is 5.75 Å². The van der Waals surface area contributed by atoms with Gasteiger partial charge >= 0.3 is 0 Å². The Hall–Kier alpha value is -3.69. The van der Waals surface area contributed by atoms with Crippen molar-refractivity contribution in [3.63, 3.8) is 0 Å². The van der Waals surface area contributed by atoms with Crippen LogP contribution in [-0.4, -0.2) is 45.5 Å². The lowest BCUT2D eigenvalue weighted by molar-refractivity contribution is -0.128. The fraction of sp³-hybridized carbons (Fsp3) is 0.310. The molecule has 0 aromatic heterocycles. The van der Waals surface area contributed by atoms with Gasteiger partial charge in [-0.2, -0.15) is 0 Å². The normalized spacial score (nSPS) is 15.0. The molecule has 1 aliphatic heterocycles. The number of nitrogens with zero attached hydrogens (tertiary/aromatic N) is 1. The predicted octanol–water partition coefficient (Wildman–Crippen LogP) is 3.46. The second-order valence-electron chi connectivity index (χ2n) is 9.53. The van der Waals surface area contributed by atoms with Crippen LogP contribution in [0, 0.1) is 0 Å². The Morgan fingerprint density at radius 1 is 0.921 bits per heavy atom. The summed E-state index contributed by atoms with van der Waals surface area (Å²) in [5.74, 6) is 0.0866. The molecule has 1 atom stereocenters. The Kier molecular flexibility index (Phi) is 8.81. The Balaban J connectivity index is 1.38. The van der Waals surface area contributed by atoms with Crippen molar-refractivity contribution in [3.05, 3.63) is 90.0 Å². The number of anilines is 1. The van der Waals surface area contributed by atoms with Gasteiger partial charge in [0.15, 0.2) is 6.10 Å². The molecule has 1 heterocycles. The Morgan fingerprint density at radius 2 is 1.58 bits per heavy atom. The number of carbonyl (C=O) groups is 2. The average Bonchev–Trinajstić information content (AvgIpc) is 2.91. The minimum absolute atomic E-state index is 0.116. The number of hydrogen-bond donors (Lipinski definition) is 2.